The maximum Gasteiger partial charge on any atom is 0.225 e. The number of hydrogen-bond donors (Lipinski definition) is 1. The van der Waals surface area contributed by atoms with E-state index in [-0.39, 0.29) is 0 Å². The van der Waals surface area contributed by atoms with E-state index in [0.717, 1.165) is 29.7 Å². The highest BCUT2D eigenvalue weighted by Crippen LogP contribution is 2.38. The average molecular weight is 267 g/mol. The van der Waals surface area contributed by atoms with Crippen LogP contribution in [-0.4, -0.2) is 27.5 Å². The Morgan fingerprint density at radius 2 is 2.00 bits per heavy atom. The molecule has 2 aliphatic rings. The molecule has 20 heavy (non-hydrogen) atoms. The summed E-state index contributed by atoms with van der Waals surface area (Å²) in [5.74, 6) is 2.21. The minimum atomic E-state index is 0.517. The van der Waals surface area contributed by atoms with E-state index >= 15 is 0 Å². The lowest BCUT2D eigenvalue weighted by molar-refractivity contribution is 0.546. The molecule has 2 fully saturated rings. The molecule has 2 aromatic rings. The van der Waals surface area contributed by atoms with Crippen LogP contribution in [-0.2, 0) is 0 Å². The molecule has 0 radical (unpaired) electrons. The number of aromatic nitrogens is 3. The van der Waals surface area contributed by atoms with Crippen LogP contribution in [0.3, 0.4) is 0 Å². The number of rotatable bonds is 2. The zero-order valence-corrected chi connectivity index (χ0v) is 11.2. The van der Waals surface area contributed by atoms with E-state index in [1.807, 2.05) is 24.5 Å². The first-order valence-electron chi connectivity index (χ1n) is 7.11. The molecule has 1 aliphatic heterocycles. The summed E-state index contributed by atoms with van der Waals surface area (Å²) in [6, 6.07) is 6.24. The van der Waals surface area contributed by atoms with Gasteiger partial charge in [-0.3, -0.25) is 0 Å². The topological polar surface area (TPSA) is 67.9 Å². The number of hydrogen-bond acceptors (Lipinski definition) is 5. The third kappa shape index (κ3) is 1.90. The van der Waals surface area contributed by atoms with Crippen LogP contribution in [0, 0.1) is 5.92 Å². The van der Waals surface area contributed by atoms with Gasteiger partial charge < -0.3 is 10.6 Å². The summed E-state index contributed by atoms with van der Waals surface area (Å²) in [5, 5.41) is 0. The van der Waals surface area contributed by atoms with Crippen LogP contribution < -0.4 is 10.6 Å². The van der Waals surface area contributed by atoms with E-state index in [1.54, 1.807) is 6.07 Å². The van der Waals surface area contributed by atoms with Gasteiger partial charge in [0.1, 0.15) is 5.82 Å². The highest BCUT2D eigenvalue weighted by Gasteiger charge is 2.38. The number of nitrogens with two attached hydrogens (primary N) is 1. The molecule has 2 atom stereocenters. The van der Waals surface area contributed by atoms with Gasteiger partial charge in [-0.1, -0.05) is 6.07 Å². The van der Waals surface area contributed by atoms with Gasteiger partial charge in [0.15, 0.2) is 0 Å². The fourth-order valence-electron chi connectivity index (χ4n) is 3.38. The summed E-state index contributed by atoms with van der Waals surface area (Å²) in [4.78, 5) is 15.7. The lowest BCUT2D eigenvalue weighted by Crippen LogP contribution is -2.33. The lowest BCUT2D eigenvalue weighted by atomic mass is 10.1. The monoisotopic (exact) mass is 267 g/mol. The molecule has 102 valence electrons. The van der Waals surface area contributed by atoms with Crippen LogP contribution in [0.25, 0.3) is 11.3 Å². The third-order valence-corrected chi connectivity index (χ3v) is 4.37. The van der Waals surface area contributed by atoms with Crippen molar-refractivity contribution < 1.29 is 0 Å². The molecule has 2 unspecified atom stereocenters. The molecule has 0 spiro atoms. The Morgan fingerprint density at radius 1 is 1.15 bits per heavy atom. The van der Waals surface area contributed by atoms with E-state index < -0.39 is 0 Å². The van der Waals surface area contributed by atoms with Crippen LogP contribution >= 0.6 is 0 Å². The molecular formula is C15H17N5. The van der Waals surface area contributed by atoms with Crippen molar-refractivity contribution in [2.24, 2.45) is 5.92 Å². The Balaban J connectivity index is 1.60. The standard InChI is InChI=1S/C15H17N5/c16-14-3-1-2-13(19-14)11-7-17-15(18-8-11)20-9-10-4-5-12(20)6-10/h1-3,7-8,10,12H,4-6,9H2,(H2,16,19). The highest BCUT2D eigenvalue weighted by atomic mass is 15.3. The second kappa shape index (κ2) is 4.44. The van der Waals surface area contributed by atoms with Crippen molar-refractivity contribution in [2.75, 3.05) is 17.2 Å². The van der Waals surface area contributed by atoms with Gasteiger partial charge >= 0.3 is 0 Å². The predicted molar refractivity (Wildman–Crippen MR) is 78.2 cm³/mol. The first-order valence-corrected chi connectivity index (χ1v) is 7.11. The SMILES string of the molecule is Nc1cccc(-c2cnc(N3CC4CCC3C4)nc2)n1. The van der Waals surface area contributed by atoms with Gasteiger partial charge in [0.25, 0.3) is 0 Å². The van der Waals surface area contributed by atoms with Crippen LogP contribution in [0.5, 0.6) is 0 Å². The van der Waals surface area contributed by atoms with Crippen LogP contribution in [0.15, 0.2) is 30.6 Å². The molecule has 2 aromatic heterocycles. The minimum absolute atomic E-state index is 0.517. The Labute approximate surface area is 117 Å². The van der Waals surface area contributed by atoms with Crippen LogP contribution in [0.1, 0.15) is 19.3 Å². The van der Waals surface area contributed by atoms with Crippen molar-refractivity contribution in [1.82, 2.24) is 15.0 Å². The zero-order valence-electron chi connectivity index (χ0n) is 11.2. The van der Waals surface area contributed by atoms with Gasteiger partial charge in [0.2, 0.25) is 5.95 Å². The van der Waals surface area contributed by atoms with Gasteiger partial charge in [-0.05, 0) is 37.3 Å². The number of anilines is 2. The van der Waals surface area contributed by atoms with E-state index in [9.17, 15) is 0 Å². The normalized spacial score (nSPS) is 24.3. The fraction of sp³-hybridized carbons (Fsp3) is 0.400. The molecule has 1 saturated carbocycles. The molecule has 1 aliphatic carbocycles. The van der Waals surface area contributed by atoms with Crippen molar-refractivity contribution in [1.29, 1.82) is 0 Å². The number of fused-ring (bicyclic) bond motifs is 2. The second-order valence-corrected chi connectivity index (χ2v) is 5.70. The molecule has 2 bridgehead atoms. The van der Waals surface area contributed by atoms with Gasteiger partial charge in [-0.15, -0.1) is 0 Å². The van der Waals surface area contributed by atoms with Crippen molar-refractivity contribution in [3.63, 3.8) is 0 Å². The Kier molecular flexibility index (Phi) is 2.58. The van der Waals surface area contributed by atoms with Crippen LogP contribution in [0.2, 0.25) is 0 Å². The minimum Gasteiger partial charge on any atom is -0.384 e. The molecule has 2 N–H and O–H groups in total. The van der Waals surface area contributed by atoms with Crippen molar-refractivity contribution in [3.05, 3.63) is 30.6 Å². The second-order valence-electron chi connectivity index (χ2n) is 5.70. The summed E-state index contributed by atoms with van der Waals surface area (Å²) in [6.07, 6.45) is 7.65. The number of pyridine rings is 1. The quantitative estimate of drug-likeness (QED) is 0.902. The summed E-state index contributed by atoms with van der Waals surface area (Å²) in [6.45, 7) is 1.11. The van der Waals surface area contributed by atoms with E-state index in [2.05, 4.69) is 19.9 Å². The Morgan fingerprint density at radius 3 is 2.65 bits per heavy atom. The van der Waals surface area contributed by atoms with Gasteiger partial charge in [-0.2, -0.15) is 0 Å². The Bertz CT molecular complexity index is 624. The largest absolute Gasteiger partial charge is 0.384 e. The van der Waals surface area contributed by atoms with E-state index in [0.29, 0.717) is 11.9 Å². The predicted octanol–water partition coefficient (Wildman–Crippen LogP) is 2.11. The summed E-state index contributed by atoms with van der Waals surface area (Å²) in [7, 11) is 0. The smallest absolute Gasteiger partial charge is 0.225 e. The molecule has 0 amide bonds. The van der Waals surface area contributed by atoms with Crippen LogP contribution in [0.4, 0.5) is 11.8 Å². The van der Waals surface area contributed by atoms with Gasteiger partial charge in [0.05, 0.1) is 5.69 Å². The Hall–Kier alpha value is -2.17. The number of nitrogens with zero attached hydrogens (tertiary/aromatic N) is 4. The van der Waals surface area contributed by atoms with Crippen molar-refractivity contribution in [3.8, 4) is 11.3 Å². The summed E-state index contributed by atoms with van der Waals surface area (Å²) in [5.41, 5.74) is 7.43. The summed E-state index contributed by atoms with van der Waals surface area (Å²) >= 11 is 0. The molecule has 4 rings (SSSR count). The molecule has 5 heteroatoms. The van der Waals surface area contributed by atoms with Crippen molar-refractivity contribution >= 4 is 11.8 Å². The zero-order chi connectivity index (χ0) is 13.5. The molecule has 3 heterocycles. The third-order valence-electron chi connectivity index (χ3n) is 4.37. The van der Waals surface area contributed by atoms with Gasteiger partial charge in [0, 0.05) is 30.5 Å². The number of nitrogen functional groups attached to an aromatic ring is 1. The first kappa shape index (κ1) is 11.6. The van der Waals surface area contributed by atoms with E-state index in [1.165, 1.54) is 19.3 Å². The van der Waals surface area contributed by atoms with Gasteiger partial charge in [-0.25, -0.2) is 15.0 Å². The molecule has 5 nitrogen and oxygen atoms in total. The molecule has 0 aromatic carbocycles. The molecule has 1 saturated heterocycles. The maximum atomic E-state index is 5.71. The lowest BCUT2D eigenvalue weighted by Gasteiger charge is -2.26. The summed E-state index contributed by atoms with van der Waals surface area (Å²) < 4.78 is 0. The van der Waals surface area contributed by atoms with E-state index in [4.69, 9.17) is 5.73 Å². The first-order chi connectivity index (χ1) is 9.79. The molecular weight excluding hydrogens is 250 g/mol. The maximum absolute atomic E-state index is 5.71. The fourth-order valence-corrected chi connectivity index (χ4v) is 3.38. The van der Waals surface area contributed by atoms with Crippen molar-refractivity contribution in [2.45, 2.75) is 25.3 Å². The highest BCUT2D eigenvalue weighted by molar-refractivity contribution is 5.59. The number of piperidine rings is 1. The average Bonchev–Trinajstić information content (AvgIpc) is 3.10.